The van der Waals surface area contributed by atoms with Gasteiger partial charge in [-0.25, -0.2) is 14.1 Å². The second-order valence-corrected chi connectivity index (χ2v) is 6.64. The number of para-hydroxylation sites is 1. The molecular weight excluding hydrogens is 428 g/mol. The van der Waals surface area contributed by atoms with Gasteiger partial charge in [0.25, 0.3) is 5.56 Å². The molecule has 154 valence electrons. The number of ether oxygens (including phenoxy) is 1. The zero-order chi connectivity index (χ0) is 21.5. The molecule has 2 aromatic heterocycles. The van der Waals surface area contributed by atoms with Crippen LogP contribution in [0.1, 0.15) is 11.4 Å². The van der Waals surface area contributed by atoms with Crippen molar-refractivity contribution in [3.63, 3.8) is 0 Å². The van der Waals surface area contributed by atoms with Crippen molar-refractivity contribution >= 4 is 22.6 Å². The highest BCUT2D eigenvalue weighted by molar-refractivity contribution is 6.32. The molecule has 0 unspecified atom stereocenters. The van der Waals surface area contributed by atoms with E-state index in [2.05, 4.69) is 19.8 Å². The Hall–Kier alpha value is -3.40. The molecule has 0 aliphatic carbocycles. The number of aromatic nitrogens is 4. The van der Waals surface area contributed by atoms with E-state index in [1.54, 1.807) is 0 Å². The first-order chi connectivity index (χ1) is 14.2. The van der Waals surface area contributed by atoms with Gasteiger partial charge >= 0.3 is 6.36 Å². The van der Waals surface area contributed by atoms with Gasteiger partial charge in [0.15, 0.2) is 5.65 Å². The Bertz CT molecular complexity index is 1300. The number of halogens is 5. The maximum Gasteiger partial charge on any atom is 0.573 e. The van der Waals surface area contributed by atoms with Crippen LogP contribution in [0.5, 0.6) is 5.75 Å². The Balaban J connectivity index is 1.79. The van der Waals surface area contributed by atoms with Crippen LogP contribution in [0.3, 0.4) is 0 Å². The standard InChI is InChI=1S/C19H11ClF4N4O2/c20-13-6-5-11(21)8-14(13)28-17-12(9-25-28)18(29)27-16(26-17)7-10-3-1-2-4-15(10)30-19(22,23)24/h1-6,8-9H,7H2,(H,26,27,29). The van der Waals surface area contributed by atoms with Crippen LogP contribution < -0.4 is 10.3 Å². The summed E-state index contributed by atoms with van der Waals surface area (Å²) >= 11 is 6.12. The molecule has 2 heterocycles. The van der Waals surface area contributed by atoms with E-state index < -0.39 is 23.5 Å². The van der Waals surface area contributed by atoms with Gasteiger partial charge in [0, 0.05) is 18.1 Å². The molecule has 0 aliphatic rings. The Kier molecular flexibility index (Phi) is 4.94. The molecule has 0 bridgehead atoms. The lowest BCUT2D eigenvalue weighted by atomic mass is 10.1. The Labute approximate surface area is 170 Å². The molecule has 4 rings (SSSR count). The van der Waals surface area contributed by atoms with E-state index in [0.717, 1.165) is 12.1 Å². The van der Waals surface area contributed by atoms with Gasteiger partial charge < -0.3 is 9.72 Å². The number of fused-ring (bicyclic) bond motifs is 1. The number of hydrogen-bond acceptors (Lipinski definition) is 4. The molecule has 0 atom stereocenters. The Morgan fingerprint density at radius 1 is 1.17 bits per heavy atom. The van der Waals surface area contributed by atoms with Crippen LogP contribution in [0.2, 0.25) is 5.02 Å². The van der Waals surface area contributed by atoms with E-state index in [1.165, 1.54) is 41.2 Å². The molecule has 0 saturated heterocycles. The lowest BCUT2D eigenvalue weighted by molar-refractivity contribution is -0.274. The molecule has 0 aliphatic heterocycles. The van der Waals surface area contributed by atoms with Crippen molar-refractivity contribution in [1.29, 1.82) is 0 Å². The molecule has 0 amide bonds. The molecule has 2 aromatic carbocycles. The van der Waals surface area contributed by atoms with Crippen molar-refractivity contribution in [3.8, 4) is 11.4 Å². The Morgan fingerprint density at radius 3 is 2.70 bits per heavy atom. The molecular formula is C19H11ClF4N4O2. The molecule has 0 spiro atoms. The largest absolute Gasteiger partial charge is 0.573 e. The predicted molar refractivity (Wildman–Crippen MR) is 100 cm³/mol. The molecule has 1 N–H and O–H groups in total. The zero-order valence-electron chi connectivity index (χ0n) is 14.9. The topological polar surface area (TPSA) is 72.8 Å². The summed E-state index contributed by atoms with van der Waals surface area (Å²) in [5.41, 5.74) is -0.151. The van der Waals surface area contributed by atoms with E-state index in [0.29, 0.717) is 0 Å². The lowest BCUT2D eigenvalue weighted by Gasteiger charge is -2.13. The molecule has 30 heavy (non-hydrogen) atoms. The van der Waals surface area contributed by atoms with Crippen molar-refractivity contribution in [3.05, 3.63) is 81.2 Å². The minimum absolute atomic E-state index is 0.0694. The second-order valence-electron chi connectivity index (χ2n) is 6.23. The first kappa shape index (κ1) is 19.9. The molecule has 0 radical (unpaired) electrons. The van der Waals surface area contributed by atoms with E-state index in [4.69, 9.17) is 11.6 Å². The van der Waals surface area contributed by atoms with E-state index in [9.17, 15) is 22.4 Å². The summed E-state index contributed by atoms with van der Waals surface area (Å²) in [5, 5.41) is 4.34. The third-order valence-corrected chi connectivity index (χ3v) is 4.50. The zero-order valence-corrected chi connectivity index (χ0v) is 15.6. The second kappa shape index (κ2) is 7.45. The van der Waals surface area contributed by atoms with Crippen LogP contribution in [-0.2, 0) is 6.42 Å². The van der Waals surface area contributed by atoms with Crippen molar-refractivity contribution in [1.82, 2.24) is 19.7 Å². The molecule has 6 nitrogen and oxygen atoms in total. The number of H-pyrrole nitrogens is 1. The van der Waals surface area contributed by atoms with Crippen molar-refractivity contribution in [2.24, 2.45) is 0 Å². The predicted octanol–water partition coefficient (Wildman–Crippen LogP) is 4.39. The first-order valence-corrected chi connectivity index (χ1v) is 8.85. The van der Waals surface area contributed by atoms with Crippen molar-refractivity contribution in [2.75, 3.05) is 0 Å². The Morgan fingerprint density at radius 2 is 1.93 bits per heavy atom. The number of alkyl halides is 3. The van der Waals surface area contributed by atoms with E-state index in [-0.39, 0.29) is 39.6 Å². The number of hydrogen-bond donors (Lipinski definition) is 1. The van der Waals surface area contributed by atoms with Gasteiger partial charge in [-0.05, 0) is 18.2 Å². The van der Waals surface area contributed by atoms with Crippen molar-refractivity contribution < 1.29 is 22.3 Å². The lowest BCUT2D eigenvalue weighted by Crippen LogP contribution is -2.18. The van der Waals surface area contributed by atoms with Gasteiger partial charge in [-0.3, -0.25) is 4.79 Å². The van der Waals surface area contributed by atoms with Crippen LogP contribution >= 0.6 is 11.6 Å². The number of benzene rings is 2. The highest BCUT2D eigenvalue weighted by atomic mass is 35.5. The highest BCUT2D eigenvalue weighted by Gasteiger charge is 2.32. The minimum Gasteiger partial charge on any atom is -0.405 e. The van der Waals surface area contributed by atoms with Gasteiger partial charge in [0.05, 0.1) is 16.9 Å². The summed E-state index contributed by atoms with van der Waals surface area (Å²) in [4.78, 5) is 19.3. The monoisotopic (exact) mass is 438 g/mol. The highest BCUT2D eigenvalue weighted by Crippen LogP contribution is 2.28. The quantitative estimate of drug-likeness (QED) is 0.480. The fourth-order valence-corrected chi connectivity index (χ4v) is 3.12. The van der Waals surface area contributed by atoms with Gasteiger partial charge in [0.2, 0.25) is 0 Å². The first-order valence-electron chi connectivity index (χ1n) is 8.47. The van der Waals surface area contributed by atoms with Crippen LogP contribution in [0.4, 0.5) is 17.6 Å². The third-order valence-electron chi connectivity index (χ3n) is 4.18. The average molecular weight is 439 g/mol. The summed E-state index contributed by atoms with van der Waals surface area (Å²) in [5.74, 6) is -0.907. The molecule has 0 fully saturated rings. The number of rotatable bonds is 4. The summed E-state index contributed by atoms with van der Waals surface area (Å²) in [6.07, 6.45) is -3.78. The van der Waals surface area contributed by atoms with Crippen LogP contribution in [0.15, 0.2) is 53.5 Å². The third kappa shape index (κ3) is 3.99. The molecule has 11 heteroatoms. The smallest absolute Gasteiger partial charge is 0.405 e. The SMILES string of the molecule is O=c1[nH]c(Cc2ccccc2OC(F)(F)F)nc2c1cnn2-c1cc(F)ccc1Cl. The molecule has 0 saturated carbocycles. The summed E-state index contributed by atoms with van der Waals surface area (Å²) < 4.78 is 56.9. The minimum atomic E-state index is -4.87. The average Bonchev–Trinajstić information content (AvgIpc) is 3.08. The van der Waals surface area contributed by atoms with Crippen molar-refractivity contribution in [2.45, 2.75) is 12.8 Å². The summed E-state index contributed by atoms with van der Waals surface area (Å²) in [7, 11) is 0. The maximum absolute atomic E-state index is 13.7. The number of nitrogens with zero attached hydrogens (tertiary/aromatic N) is 3. The van der Waals surface area contributed by atoms with Crippen LogP contribution in [-0.4, -0.2) is 26.1 Å². The van der Waals surface area contributed by atoms with E-state index in [1.807, 2.05) is 0 Å². The fourth-order valence-electron chi connectivity index (χ4n) is 2.93. The van der Waals surface area contributed by atoms with Gasteiger partial charge in [-0.15, -0.1) is 13.2 Å². The number of aromatic amines is 1. The van der Waals surface area contributed by atoms with Gasteiger partial charge in [-0.1, -0.05) is 29.8 Å². The van der Waals surface area contributed by atoms with Crippen LogP contribution in [0.25, 0.3) is 16.7 Å². The normalized spacial score (nSPS) is 11.8. The number of nitrogens with one attached hydrogen (secondary N) is 1. The summed E-state index contributed by atoms with van der Waals surface area (Å²) in [6.45, 7) is 0. The molecule has 4 aromatic rings. The van der Waals surface area contributed by atoms with Gasteiger partial charge in [-0.2, -0.15) is 5.10 Å². The maximum atomic E-state index is 13.7. The fraction of sp³-hybridized carbons (Fsp3) is 0.105. The summed E-state index contributed by atoms with van der Waals surface area (Å²) in [6, 6.07) is 9.14. The van der Waals surface area contributed by atoms with Crippen LogP contribution in [0, 0.1) is 5.82 Å². The van der Waals surface area contributed by atoms with E-state index >= 15 is 0 Å². The van der Waals surface area contributed by atoms with Gasteiger partial charge in [0.1, 0.15) is 22.8 Å².